The minimum atomic E-state index is -0.498. The van der Waals surface area contributed by atoms with Gasteiger partial charge in [0.2, 0.25) is 11.8 Å². The molecule has 0 radical (unpaired) electrons. The summed E-state index contributed by atoms with van der Waals surface area (Å²) in [4.78, 5) is 49.8. The molecule has 1 aromatic heterocycles. The van der Waals surface area contributed by atoms with Gasteiger partial charge in [-0.25, -0.2) is 4.79 Å². The number of carbonyl (C=O) groups excluding carboxylic acids is 2. The lowest BCUT2D eigenvalue weighted by Crippen LogP contribution is -2.41. The fraction of sp³-hybridized carbons (Fsp3) is 0.304. The maximum atomic E-state index is 13.1. The number of nitrogens with zero attached hydrogens (tertiary/aromatic N) is 2. The number of fused-ring (bicyclic) bond motifs is 1. The Hall–Kier alpha value is -3.68. The van der Waals surface area contributed by atoms with Crippen LogP contribution in [0.1, 0.15) is 33.1 Å². The number of aromatic nitrogens is 2. The van der Waals surface area contributed by atoms with Gasteiger partial charge in [0.1, 0.15) is 6.54 Å². The predicted molar refractivity (Wildman–Crippen MR) is 121 cm³/mol. The molecule has 0 atom stereocenters. The topological polar surface area (TPSA) is 102 Å². The van der Waals surface area contributed by atoms with E-state index in [0.29, 0.717) is 35.2 Å². The lowest BCUT2D eigenvalue weighted by molar-refractivity contribution is -0.117. The molecule has 0 aliphatic heterocycles. The van der Waals surface area contributed by atoms with Gasteiger partial charge in [-0.1, -0.05) is 38.0 Å². The number of rotatable bonds is 8. The van der Waals surface area contributed by atoms with Gasteiger partial charge in [-0.05, 0) is 36.8 Å². The molecule has 2 N–H and O–H groups in total. The van der Waals surface area contributed by atoms with Crippen LogP contribution < -0.4 is 21.9 Å². The van der Waals surface area contributed by atoms with Crippen LogP contribution in [-0.2, 0) is 22.7 Å². The minimum absolute atomic E-state index is 0.216. The molecule has 0 unspecified atom stereocenters. The van der Waals surface area contributed by atoms with Gasteiger partial charge >= 0.3 is 5.69 Å². The molecule has 162 valence electrons. The van der Waals surface area contributed by atoms with E-state index in [0.717, 1.165) is 12.8 Å². The number of para-hydroxylation sites is 1. The highest BCUT2D eigenvalue weighted by atomic mass is 16.2. The van der Waals surface area contributed by atoms with E-state index in [4.69, 9.17) is 0 Å². The number of anilines is 2. The molecule has 3 rings (SSSR count). The molecule has 0 fully saturated rings. The summed E-state index contributed by atoms with van der Waals surface area (Å²) in [6, 6.07) is 13.5. The molecule has 0 spiro atoms. The maximum Gasteiger partial charge on any atom is 0.331 e. The third-order valence-corrected chi connectivity index (χ3v) is 4.89. The number of amides is 2. The second-order valence-corrected chi connectivity index (χ2v) is 7.36. The van der Waals surface area contributed by atoms with Crippen LogP contribution in [0.2, 0.25) is 0 Å². The second-order valence-electron chi connectivity index (χ2n) is 7.36. The van der Waals surface area contributed by atoms with Crippen molar-refractivity contribution in [3.8, 4) is 0 Å². The smallest absolute Gasteiger partial charge is 0.326 e. The van der Waals surface area contributed by atoms with Crippen LogP contribution in [0.5, 0.6) is 0 Å². The molecule has 2 aromatic carbocycles. The standard InChI is InChI=1S/C23H26N4O4/c1-3-4-7-13-26-22(30)19-11-5-6-12-20(19)27(23(26)31)15-21(29)25-18-10-8-9-17(14-18)24-16(2)28/h5-6,8-12,14H,3-4,7,13,15H2,1-2H3,(H,24,28)(H,25,29). The molecule has 31 heavy (non-hydrogen) atoms. The Morgan fingerprint density at radius 2 is 1.61 bits per heavy atom. The van der Waals surface area contributed by atoms with Gasteiger partial charge in [0, 0.05) is 24.8 Å². The molecular formula is C23H26N4O4. The lowest BCUT2D eigenvalue weighted by atomic mass is 10.2. The molecule has 8 nitrogen and oxygen atoms in total. The molecule has 0 saturated carbocycles. The molecule has 0 bridgehead atoms. The summed E-state index contributed by atoms with van der Waals surface area (Å²) in [7, 11) is 0. The largest absolute Gasteiger partial charge is 0.331 e. The second kappa shape index (κ2) is 9.88. The van der Waals surface area contributed by atoms with Crippen LogP contribution in [0.4, 0.5) is 11.4 Å². The lowest BCUT2D eigenvalue weighted by Gasteiger charge is -2.14. The molecule has 3 aromatic rings. The van der Waals surface area contributed by atoms with Crippen molar-refractivity contribution in [3.63, 3.8) is 0 Å². The summed E-state index contributed by atoms with van der Waals surface area (Å²) in [5.41, 5.74) is 0.631. The summed E-state index contributed by atoms with van der Waals surface area (Å²) in [5.74, 6) is -0.627. The third kappa shape index (κ3) is 5.28. The summed E-state index contributed by atoms with van der Waals surface area (Å²) in [6.45, 7) is 3.53. The fourth-order valence-electron chi connectivity index (χ4n) is 3.46. The van der Waals surface area contributed by atoms with Crippen molar-refractivity contribution >= 4 is 34.1 Å². The SMILES string of the molecule is CCCCCn1c(=O)c2ccccc2n(CC(=O)Nc2cccc(NC(C)=O)c2)c1=O. The van der Waals surface area contributed by atoms with Gasteiger partial charge in [-0.3, -0.25) is 23.5 Å². The van der Waals surface area contributed by atoms with Gasteiger partial charge in [-0.15, -0.1) is 0 Å². The molecule has 1 heterocycles. The Morgan fingerprint density at radius 1 is 0.903 bits per heavy atom. The number of hydrogen-bond acceptors (Lipinski definition) is 4. The molecule has 0 aliphatic rings. The van der Waals surface area contributed by atoms with Gasteiger partial charge in [0.15, 0.2) is 0 Å². The van der Waals surface area contributed by atoms with E-state index in [9.17, 15) is 19.2 Å². The Balaban J connectivity index is 1.91. The number of carbonyl (C=O) groups is 2. The molecule has 2 amide bonds. The van der Waals surface area contributed by atoms with Crippen LogP contribution in [0, 0.1) is 0 Å². The molecule has 0 saturated heterocycles. The average molecular weight is 422 g/mol. The molecule has 8 heteroatoms. The third-order valence-electron chi connectivity index (χ3n) is 4.89. The predicted octanol–water partition coefficient (Wildman–Crippen LogP) is 2.95. The summed E-state index contributed by atoms with van der Waals surface area (Å²) in [6.07, 6.45) is 2.59. The highest BCUT2D eigenvalue weighted by Gasteiger charge is 2.15. The van der Waals surface area contributed by atoms with E-state index in [1.54, 1.807) is 48.5 Å². The number of unbranched alkanes of at least 4 members (excludes halogenated alkanes) is 2. The van der Waals surface area contributed by atoms with Crippen molar-refractivity contribution in [2.45, 2.75) is 46.2 Å². The normalized spacial score (nSPS) is 10.8. The Kier molecular flexibility index (Phi) is 7.02. The fourth-order valence-corrected chi connectivity index (χ4v) is 3.46. The first-order valence-electron chi connectivity index (χ1n) is 10.3. The van der Waals surface area contributed by atoms with Crippen LogP contribution >= 0.6 is 0 Å². The highest BCUT2D eigenvalue weighted by Crippen LogP contribution is 2.15. The summed E-state index contributed by atoms with van der Waals surface area (Å²) < 4.78 is 2.54. The monoisotopic (exact) mass is 422 g/mol. The molecule has 0 aliphatic carbocycles. The van der Waals surface area contributed by atoms with Crippen molar-refractivity contribution in [2.24, 2.45) is 0 Å². The number of benzene rings is 2. The zero-order chi connectivity index (χ0) is 22.4. The van der Waals surface area contributed by atoms with E-state index in [2.05, 4.69) is 10.6 Å². The van der Waals surface area contributed by atoms with E-state index < -0.39 is 11.6 Å². The van der Waals surface area contributed by atoms with Crippen LogP contribution in [0.25, 0.3) is 10.9 Å². The zero-order valence-corrected chi connectivity index (χ0v) is 17.7. The van der Waals surface area contributed by atoms with Gasteiger partial charge < -0.3 is 10.6 Å². The van der Waals surface area contributed by atoms with Crippen molar-refractivity contribution in [1.29, 1.82) is 0 Å². The summed E-state index contributed by atoms with van der Waals surface area (Å²) in [5, 5.41) is 5.80. The van der Waals surface area contributed by atoms with E-state index in [1.165, 1.54) is 16.1 Å². The van der Waals surface area contributed by atoms with Crippen molar-refractivity contribution < 1.29 is 9.59 Å². The minimum Gasteiger partial charge on any atom is -0.326 e. The first-order chi connectivity index (χ1) is 14.9. The highest BCUT2D eigenvalue weighted by molar-refractivity contribution is 5.93. The van der Waals surface area contributed by atoms with E-state index in [-0.39, 0.29) is 18.0 Å². The van der Waals surface area contributed by atoms with Gasteiger partial charge in [0.25, 0.3) is 5.56 Å². The number of nitrogens with one attached hydrogen (secondary N) is 2. The van der Waals surface area contributed by atoms with Crippen molar-refractivity contribution in [3.05, 3.63) is 69.4 Å². The zero-order valence-electron chi connectivity index (χ0n) is 17.7. The summed E-state index contributed by atoms with van der Waals surface area (Å²) >= 11 is 0. The Labute approximate surface area is 179 Å². The van der Waals surface area contributed by atoms with Gasteiger partial charge in [0.05, 0.1) is 10.9 Å². The Bertz CT molecular complexity index is 1230. The maximum absolute atomic E-state index is 13.1. The quantitative estimate of drug-likeness (QED) is 0.545. The van der Waals surface area contributed by atoms with Crippen LogP contribution in [0.15, 0.2) is 58.1 Å². The average Bonchev–Trinajstić information content (AvgIpc) is 2.73. The first kappa shape index (κ1) is 22.0. The Morgan fingerprint density at radius 3 is 2.32 bits per heavy atom. The molecular weight excluding hydrogens is 396 g/mol. The van der Waals surface area contributed by atoms with Crippen LogP contribution in [-0.4, -0.2) is 20.9 Å². The van der Waals surface area contributed by atoms with E-state index >= 15 is 0 Å². The van der Waals surface area contributed by atoms with E-state index in [1.807, 2.05) is 6.92 Å². The number of hydrogen-bond donors (Lipinski definition) is 2. The van der Waals surface area contributed by atoms with Gasteiger partial charge in [-0.2, -0.15) is 0 Å². The van der Waals surface area contributed by atoms with Crippen LogP contribution in [0.3, 0.4) is 0 Å². The van der Waals surface area contributed by atoms with Crippen molar-refractivity contribution in [2.75, 3.05) is 10.6 Å². The first-order valence-corrected chi connectivity index (χ1v) is 10.3. The van der Waals surface area contributed by atoms with Crippen molar-refractivity contribution in [1.82, 2.24) is 9.13 Å².